The molecule has 2 aromatic heterocycles. The Hall–Kier alpha value is -3.61. The Labute approximate surface area is 216 Å². The van der Waals surface area contributed by atoms with Crippen LogP contribution >= 0.6 is 0 Å². The van der Waals surface area contributed by atoms with E-state index in [4.69, 9.17) is 19.1 Å². The molecular weight excluding hydrogens is 509 g/mol. The highest BCUT2D eigenvalue weighted by Gasteiger charge is 2.55. The molecule has 3 saturated heterocycles. The summed E-state index contributed by atoms with van der Waals surface area (Å²) in [6.07, 6.45) is -0.226. The summed E-state index contributed by atoms with van der Waals surface area (Å²) in [6.45, 7) is 4.94. The van der Waals surface area contributed by atoms with Gasteiger partial charge in [-0.2, -0.15) is 13.2 Å². The number of carbonyl (C=O) groups is 3. The van der Waals surface area contributed by atoms with E-state index in [1.165, 1.54) is 6.26 Å². The van der Waals surface area contributed by atoms with Gasteiger partial charge in [-0.3, -0.25) is 9.59 Å². The van der Waals surface area contributed by atoms with Crippen molar-refractivity contribution >= 4 is 23.6 Å². The summed E-state index contributed by atoms with van der Waals surface area (Å²) in [5.41, 5.74) is -0.521. The SMILES string of the molecule is O=C(O)C(F)(F)F.O=C(c1ccco1)N1CCC[C@]2(C(=O)N3CCOCC3)CN(c3ccccn3)C[C@@H]2C1. The Bertz CT molecular complexity index is 1110. The second-order valence-electron chi connectivity index (χ2n) is 9.46. The standard InChI is InChI=1S/C23H28N4O4.C2HF3O2/c28-21(19-5-3-12-31-19)26-9-4-7-23(22(29)25-10-13-30-14-11-25)17-27(16-18(23)15-26)20-6-1-2-8-24-20;3-2(4,5)1(6)7/h1-3,5-6,8,12,18H,4,7,9-11,13-17H2;(H,6,7)/t18-,23-;/m0./s1. The molecule has 0 radical (unpaired) electrons. The van der Waals surface area contributed by atoms with Crippen molar-refractivity contribution in [3.63, 3.8) is 0 Å². The van der Waals surface area contributed by atoms with E-state index in [1.54, 1.807) is 18.3 Å². The monoisotopic (exact) mass is 538 g/mol. The van der Waals surface area contributed by atoms with Crippen LogP contribution in [0.25, 0.3) is 0 Å². The second kappa shape index (κ2) is 11.4. The number of furan rings is 1. The molecule has 1 N–H and O–H groups in total. The summed E-state index contributed by atoms with van der Waals surface area (Å²) >= 11 is 0. The molecule has 38 heavy (non-hydrogen) atoms. The average Bonchev–Trinajstić information content (AvgIpc) is 3.54. The Balaban J connectivity index is 0.000000426. The number of hydrogen-bond donors (Lipinski definition) is 1. The third-order valence-electron chi connectivity index (χ3n) is 7.15. The van der Waals surface area contributed by atoms with Crippen molar-refractivity contribution in [2.24, 2.45) is 11.3 Å². The number of anilines is 1. The van der Waals surface area contributed by atoms with Gasteiger partial charge in [-0.25, -0.2) is 9.78 Å². The van der Waals surface area contributed by atoms with E-state index >= 15 is 0 Å². The zero-order valence-corrected chi connectivity index (χ0v) is 20.6. The number of hydrogen-bond acceptors (Lipinski definition) is 7. The molecule has 5 rings (SSSR count). The van der Waals surface area contributed by atoms with E-state index in [-0.39, 0.29) is 17.7 Å². The first kappa shape index (κ1) is 27.4. The van der Waals surface area contributed by atoms with Crippen molar-refractivity contribution in [3.8, 4) is 0 Å². The molecule has 3 fully saturated rings. The lowest BCUT2D eigenvalue weighted by atomic mass is 9.73. The van der Waals surface area contributed by atoms with Crippen LogP contribution in [-0.4, -0.2) is 96.3 Å². The van der Waals surface area contributed by atoms with Crippen molar-refractivity contribution in [1.29, 1.82) is 0 Å². The number of aromatic nitrogens is 1. The van der Waals surface area contributed by atoms with Gasteiger partial charge in [0.1, 0.15) is 5.82 Å². The summed E-state index contributed by atoms with van der Waals surface area (Å²) in [4.78, 5) is 46.4. The van der Waals surface area contributed by atoms with Crippen LogP contribution in [0.2, 0.25) is 0 Å². The lowest BCUT2D eigenvalue weighted by molar-refractivity contribution is -0.192. The summed E-state index contributed by atoms with van der Waals surface area (Å²) in [6, 6.07) is 9.30. The molecule has 206 valence electrons. The normalized spacial score (nSPS) is 23.7. The fourth-order valence-corrected chi connectivity index (χ4v) is 5.32. The van der Waals surface area contributed by atoms with Crippen molar-refractivity contribution < 1.29 is 41.8 Å². The number of fused-ring (bicyclic) bond motifs is 1. The van der Waals surface area contributed by atoms with Gasteiger partial charge >= 0.3 is 12.1 Å². The van der Waals surface area contributed by atoms with Crippen molar-refractivity contribution in [2.75, 3.05) is 57.4 Å². The first-order chi connectivity index (χ1) is 18.1. The van der Waals surface area contributed by atoms with Crippen LogP contribution in [0.5, 0.6) is 0 Å². The number of amides is 2. The van der Waals surface area contributed by atoms with Gasteiger partial charge in [0.2, 0.25) is 5.91 Å². The van der Waals surface area contributed by atoms with Gasteiger partial charge in [-0.1, -0.05) is 6.07 Å². The number of carbonyl (C=O) groups excluding carboxylic acids is 2. The van der Waals surface area contributed by atoms with Crippen molar-refractivity contribution in [1.82, 2.24) is 14.8 Å². The average molecular weight is 539 g/mol. The number of alkyl halides is 3. The highest BCUT2D eigenvalue weighted by Crippen LogP contribution is 2.45. The Morgan fingerprint density at radius 3 is 2.37 bits per heavy atom. The molecular formula is C25H29F3N4O6. The van der Waals surface area contributed by atoms with Crippen LogP contribution in [0.1, 0.15) is 23.4 Å². The second-order valence-corrected chi connectivity index (χ2v) is 9.46. The molecule has 3 aliphatic rings. The molecule has 10 nitrogen and oxygen atoms in total. The summed E-state index contributed by atoms with van der Waals surface area (Å²) in [7, 11) is 0. The van der Waals surface area contributed by atoms with Crippen molar-refractivity contribution in [3.05, 3.63) is 48.6 Å². The van der Waals surface area contributed by atoms with E-state index in [0.29, 0.717) is 58.2 Å². The Morgan fingerprint density at radius 1 is 1.03 bits per heavy atom. The molecule has 2 atom stereocenters. The zero-order chi connectivity index (χ0) is 27.3. The van der Waals surface area contributed by atoms with Crippen LogP contribution in [-0.2, 0) is 14.3 Å². The quantitative estimate of drug-likeness (QED) is 0.634. The molecule has 0 unspecified atom stereocenters. The summed E-state index contributed by atoms with van der Waals surface area (Å²) < 4.78 is 42.6. The highest BCUT2D eigenvalue weighted by molar-refractivity contribution is 5.92. The number of aliphatic carboxylic acids is 1. The number of halogens is 3. The number of likely N-dealkylation sites (tertiary alicyclic amines) is 1. The molecule has 0 spiro atoms. The first-order valence-corrected chi connectivity index (χ1v) is 12.3. The van der Waals surface area contributed by atoms with Gasteiger partial charge in [-0.05, 0) is 37.1 Å². The summed E-state index contributed by atoms with van der Waals surface area (Å²) in [5, 5.41) is 7.12. The van der Waals surface area contributed by atoms with Crippen molar-refractivity contribution in [2.45, 2.75) is 19.0 Å². The molecule has 0 aliphatic carbocycles. The third-order valence-corrected chi connectivity index (χ3v) is 7.15. The minimum Gasteiger partial charge on any atom is -0.475 e. The molecule has 0 bridgehead atoms. The maximum atomic E-state index is 13.9. The van der Waals surface area contributed by atoms with Crippen LogP contribution in [0.4, 0.5) is 19.0 Å². The van der Waals surface area contributed by atoms with Crippen LogP contribution in [0.15, 0.2) is 47.2 Å². The molecule has 0 aromatic carbocycles. The molecule has 13 heteroatoms. The van der Waals surface area contributed by atoms with Crippen LogP contribution < -0.4 is 4.90 Å². The number of morpholine rings is 1. The minimum absolute atomic E-state index is 0.0336. The molecule has 5 heterocycles. The number of carboxylic acids is 1. The van der Waals surface area contributed by atoms with E-state index in [0.717, 1.165) is 18.7 Å². The van der Waals surface area contributed by atoms with E-state index < -0.39 is 17.6 Å². The molecule has 2 amide bonds. The van der Waals surface area contributed by atoms with Gasteiger partial charge < -0.3 is 29.0 Å². The molecule has 2 aromatic rings. The maximum absolute atomic E-state index is 13.9. The molecule has 0 saturated carbocycles. The van der Waals surface area contributed by atoms with Gasteiger partial charge in [0.15, 0.2) is 5.76 Å². The third kappa shape index (κ3) is 5.93. The summed E-state index contributed by atoms with van der Waals surface area (Å²) in [5.74, 6) is -1.39. The number of ether oxygens (including phenoxy) is 1. The van der Waals surface area contributed by atoms with Crippen LogP contribution in [0.3, 0.4) is 0 Å². The topological polar surface area (TPSA) is 116 Å². The number of rotatable bonds is 3. The van der Waals surface area contributed by atoms with E-state index in [1.807, 2.05) is 28.0 Å². The lowest BCUT2D eigenvalue weighted by Crippen LogP contribution is -2.53. The fraction of sp³-hybridized carbons (Fsp3) is 0.520. The Morgan fingerprint density at radius 2 is 1.76 bits per heavy atom. The smallest absolute Gasteiger partial charge is 0.475 e. The van der Waals surface area contributed by atoms with Gasteiger partial charge in [0, 0.05) is 51.4 Å². The van der Waals surface area contributed by atoms with Gasteiger partial charge in [0.05, 0.1) is 24.9 Å². The van der Waals surface area contributed by atoms with Gasteiger partial charge in [-0.15, -0.1) is 0 Å². The van der Waals surface area contributed by atoms with Crippen LogP contribution in [0, 0.1) is 11.3 Å². The number of pyridine rings is 1. The molecule has 3 aliphatic heterocycles. The minimum atomic E-state index is -5.08. The Kier molecular flexibility index (Phi) is 8.24. The zero-order valence-electron chi connectivity index (χ0n) is 20.6. The number of carboxylic acid groups (broad SMARTS) is 1. The number of nitrogens with zero attached hydrogens (tertiary/aromatic N) is 4. The largest absolute Gasteiger partial charge is 0.490 e. The van der Waals surface area contributed by atoms with E-state index in [2.05, 4.69) is 9.88 Å². The first-order valence-electron chi connectivity index (χ1n) is 12.3. The maximum Gasteiger partial charge on any atom is 0.490 e. The lowest BCUT2D eigenvalue weighted by Gasteiger charge is -2.38. The fourth-order valence-electron chi connectivity index (χ4n) is 5.32. The predicted molar refractivity (Wildman–Crippen MR) is 127 cm³/mol. The van der Waals surface area contributed by atoms with Gasteiger partial charge in [0.25, 0.3) is 5.91 Å². The predicted octanol–water partition coefficient (Wildman–Crippen LogP) is 2.53. The highest BCUT2D eigenvalue weighted by atomic mass is 19.4. The van der Waals surface area contributed by atoms with E-state index in [9.17, 15) is 22.8 Å².